The molecule has 156 valence electrons. The molecule has 1 aliphatic heterocycles. The van der Waals surface area contributed by atoms with Crippen molar-refractivity contribution in [3.63, 3.8) is 0 Å². The molecule has 3 heterocycles. The summed E-state index contributed by atoms with van der Waals surface area (Å²) in [5.41, 5.74) is 2.40. The Labute approximate surface area is 175 Å². The molecule has 1 aromatic carbocycles. The number of likely N-dealkylation sites (tertiary alicyclic amines) is 1. The third kappa shape index (κ3) is 4.17. The molecule has 30 heavy (non-hydrogen) atoms. The number of aromatic nitrogens is 4. The third-order valence-corrected chi connectivity index (χ3v) is 5.55. The molecule has 2 aromatic heterocycles. The number of rotatable bonds is 7. The van der Waals surface area contributed by atoms with E-state index in [2.05, 4.69) is 38.9 Å². The van der Waals surface area contributed by atoms with Crippen LogP contribution in [-0.4, -0.2) is 56.6 Å². The summed E-state index contributed by atoms with van der Waals surface area (Å²) in [6, 6.07) is 7.96. The molecule has 1 unspecified atom stereocenters. The van der Waals surface area contributed by atoms with Crippen LogP contribution in [0.4, 0.5) is 5.69 Å². The molecule has 0 saturated carbocycles. The fourth-order valence-electron chi connectivity index (χ4n) is 3.95. The van der Waals surface area contributed by atoms with Gasteiger partial charge in [0.05, 0.1) is 6.20 Å². The van der Waals surface area contributed by atoms with E-state index in [4.69, 9.17) is 4.52 Å². The van der Waals surface area contributed by atoms with Crippen LogP contribution in [0.15, 0.2) is 47.4 Å². The molecule has 0 bridgehead atoms. The SMILES string of the molecule is CCN(CC)c1ccc(C(=O)N2CCCC2Cc2noc(-c3cnccn3)n2)cc1. The average molecular weight is 406 g/mol. The monoisotopic (exact) mass is 406 g/mol. The molecule has 1 aliphatic rings. The van der Waals surface area contributed by atoms with Crippen LogP contribution in [0.3, 0.4) is 0 Å². The van der Waals surface area contributed by atoms with Crippen LogP contribution in [0, 0.1) is 0 Å². The normalized spacial score (nSPS) is 16.1. The van der Waals surface area contributed by atoms with Gasteiger partial charge in [0, 0.05) is 55.7 Å². The van der Waals surface area contributed by atoms with Gasteiger partial charge in [-0.2, -0.15) is 4.98 Å². The first-order valence-corrected chi connectivity index (χ1v) is 10.4. The minimum Gasteiger partial charge on any atom is -0.372 e. The lowest BCUT2D eigenvalue weighted by atomic mass is 10.1. The first-order chi connectivity index (χ1) is 14.7. The van der Waals surface area contributed by atoms with Gasteiger partial charge in [-0.3, -0.25) is 9.78 Å². The van der Waals surface area contributed by atoms with Crippen LogP contribution in [0.1, 0.15) is 42.9 Å². The van der Waals surface area contributed by atoms with E-state index in [1.807, 2.05) is 29.2 Å². The number of carbonyl (C=O) groups excluding carboxylic acids is 1. The first-order valence-electron chi connectivity index (χ1n) is 10.4. The van der Waals surface area contributed by atoms with Gasteiger partial charge in [0.2, 0.25) is 0 Å². The van der Waals surface area contributed by atoms with Gasteiger partial charge in [0.25, 0.3) is 11.8 Å². The Bertz CT molecular complexity index is 969. The molecular formula is C22H26N6O2. The van der Waals surface area contributed by atoms with Crippen molar-refractivity contribution >= 4 is 11.6 Å². The number of carbonyl (C=O) groups is 1. The highest BCUT2D eigenvalue weighted by Crippen LogP contribution is 2.24. The Morgan fingerprint density at radius 1 is 1.20 bits per heavy atom. The van der Waals surface area contributed by atoms with Crippen LogP contribution < -0.4 is 4.90 Å². The van der Waals surface area contributed by atoms with Crippen LogP contribution >= 0.6 is 0 Å². The van der Waals surface area contributed by atoms with Crippen molar-refractivity contribution in [3.05, 3.63) is 54.2 Å². The van der Waals surface area contributed by atoms with Crippen LogP contribution in [-0.2, 0) is 6.42 Å². The molecule has 1 amide bonds. The summed E-state index contributed by atoms with van der Waals surface area (Å²) >= 11 is 0. The summed E-state index contributed by atoms with van der Waals surface area (Å²) in [6.45, 7) is 6.89. The second-order valence-corrected chi connectivity index (χ2v) is 7.32. The Kier molecular flexibility index (Phi) is 6.02. The second-order valence-electron chi connectivity index (χ2n) is 7.32. The zero-order chi connectivity index (χ0) is 20.9. The predicted octanol–water partition coefficient (Wildman–Crippen LogP) is 3.22. The van der Waals surface area contributed by atoms with Gasteiger partial charge in [0.1, 0.15) is 5.69 Å². The van der Waals surface area contributed by atoms with Gasteiger partial charge in [-0.05, 0) is 51.0 Å². The second kappa shape index (κ2) is 9.02. The summed E-state index contributed by atoms with van der Waals surface area (Å²) in [4.78, 5) is 30.0. The van der Waals surface area contributed by atoms with Gasteiger partial charge in [-0.15, -0.1) is 0 Å². The molecule has 8 nitrogen and oxygen atoms in total. The highest BCUT2D eigenvalue weighted by atomic mass is 16.5. The van der Waals surface area contributed by atoms with E-state index in [-0.39, 0.29) is 11.9 Å². The highest BCUT2D eigenvalue weighted by Gasteiger charge is 2.31. The number of amides is 1. The molecule has 3 aromatic rings. The molecule has 0 aliphatic carbocycles. The number of anilines is 1. The first kappa shape index (κ1) is 20.0. The summed E-state index contributed by atoms with van der Waals surface area (Å²) < 4.78 is 5.33. The van der Waals surface area contributed by atoms with E-state index >= 15 is 0 Å². The molecule has 8 heteroatoms. The third-order valence-electron chi connectivity index (χ3n) is 5.55. The minimum atomic E-state index is 0.0567. The zero-order valence-corrected chi connectivity index (χ0v) is 17.4. The van der Waals surface area contributed by atoms with Gasteiger partial charge < -0.3 is 14.3 Å². The quantitative estimate of drug-likeness (QED) is 0.595. The maximum absolute atomic E-state index is 13.1. The van der Waals surface area contributed by atoms with Gasteiger partial charge in [-0.1, -0.05) is 5.16 Å². The Morgan fingerprint density at radius 2 is 2.00 bits per heavy atom. The maximum atomic E-state index is 13.1. The zero-order valence-electron chi connectivity index (χ0n) is 17.4. The van der Waals surface area contributed by atoms with Crippen LogP contribution in [0.5, 0.6) is 0 Å². The van der Waals surface area contributed by atoms with E-state index in [0.717, 1.165) is 38.2 Å². The van der Waals surface area contributed by atoms with E-state index in [1.54, 1.807) is 18.6 Å². The molecule has 1 atom stereocenters. The van der Waals surface area contributed by atoms with E-state index in [1.165, 1.54) is 0 Å². The van der Waals surface area contributed by atoms with Crippen LogP contribution in [0.2, 0.25) is 0 Å². The number of nitrogens with zero attached hydrogens (tertiary/aromatic N) is 6. The topological polar surface area (TPSA) is 88.3 Å². The lowest BCUT2D eigenvalue weighted by Gasteiger charge is -2.25. The molecular weight excluding hydrogens is 380 g/mol. The van der Waals surface area contributed by atoms with Crippen LogP contribution in [0.25, 0.3) is 11.6 Å². The Balaban J connectivity index is 1.45. The predicted molar refractivity (Wildman–Crippen MR) is 113 cm³/mol. The van der Waals surface area contributed by atoms with E-state index in [9.17, 15) is 4.79 Å². The fourth-order valence-corrected chi connectivity index (χ4v) is 3.95. The maximum Gasteiger partial charge on any atom is 0.278 e. The van der Waals surface area contributed by atoms with E-state index in [0.29, 0.717) is 29.4 Å². The van der Waals surface area contributed by atoms with Crippen molar-refractivity contribution in [1.29, 1.82) is 0 Å². The highest BCUT2D eigenvalue weighted by molar-refractivity contribution is 5.95. The van der Waals surface area contributed by atoms with Gasteiger partial charge in [0.15, 0.2) is 5.82 Å². The van der Waals surface area contributed by atoms with Crippen molar-refractivity contribution in [2.75, 3.05) is 24.5 Å². The Morgan fingerprint density at radius 3 is 2.70 bits per heavy atom. The van der Waals surface area contributed by atoms with Gasteiger partial charge >= 0.3 is 0 Å². The number of hydrogen-bond acceptors (Lipinski definition) is 7. The van der Waals surface area contributed by atoms with Crippen molar-refractivity contribution < 1.29 is 9.32 Å². The molecule has 0 spiro atoms. The smallest absolute Gasteiger partial charge is 0.278 e. The minimum absolute atomic E-state index is 0.0567. The number of hydrogen-bond donors (Lipinski definition) is 0. The van der Waals surface area contributed by atoms with Crippen molar-refractivity contribution in [3.8, 4) is 11.6 Å². The summed E-state index contributed by atoms with van der Waals surface area (Å²) in [6.07, 6.45) is 7.23. The van der Waals surface area contributed by atoms with Crippen molar-refractivity contribution in [1.82, 2.24) is 25.0 Å². The number of benzene rings is 1. The van der Waals surface area contributed by atoms with Crippen molar-refractivity contribution in [2.24, 2.45) is 0 Å². The standard InChI is InChI=1S/C22H26N6O2/c1-3-27(4-2)17-9-7-16(8-10-17)22(29)28-13-5-6-18(28)14-20-25-21(30-26-20)19-15-23-11-12-24-19/h7-12,15,18H,3-6,13-14H2,1-2H3. The molecule has 0 N–H and O–H groups in total. The molecule has 1 fully saturated rings. The summed E-state index contributed by atoms with van der Waals surface area (Å²) in [5.74, 6) is 0.986. The molecule has 4 rings (SSSR count). The summed E-state index contributed by atoms with van der Waals surface area (Å²) in [5, 5.41) is 4.07. The average Bonchev–Trinajstić information content (AvgIpc) is 3.45. The van der Waals surface area contributed by atoms with Crippen molar-refractivity contribution in [2.45, 2.75) is 39.2 Å². The Hall–Kier alpha value is -3.29. The molecule has 1 saturated heterocycles. The molecule has 0 radical (unpaired) electrons. The lowest BCUT2D eigenvalue weighted by Crippen LogP contribution is -2.37. The fraction of sp³-hybridized carbons (Fsp3) is 0.409. The summed E-state index contributed by atoms with van der Waals surface area (Å²) in [7, 11) is 0. The lowest BCUT2D eigenvalue weighted by molar-refractivity contribution is 0.0735. The van der Waals surface area contributed by atoms with Gasteiger partial charge in [-0.25, -0.2) is 4.98 Å². The van der Waals surface area contributed by atoms with E-state index < -0.39 is 0 Å². The largest absolute Gasteiger partial charge is 0.372 e.